The van der Waals surface area contributed by atoms with E-state index in [4.69, 9.17) is 21.1 Å². The van der Waals surface area contributed by atoms with Crippen molar-refractivity contribution in [1.29, 1.82) is 0 Å². The van der Waals surface area contributed by atoms with Crippen molar-refractivity contribution in [2.45, 2.75) is 12.1 Å². The lowest BCUT2D eigenvalue weighted by molar-refractivity contribution is -0.113. The third kappa shape index (κ3) is 4.53. The van der Waals surface area contributed by atoms with Gasteiger partial charge in [-0.15, -0.1) is 10.2 Å². The van der Waals surface area contributed by atoms with Gasteiger partial charge in [0.1, 0.15) is 0 Å². The van der Waals surface area contributed by atoms with Crippen LogP contribution >= 0.6 is 23.4 Å². The van der Waals surface area contributed by atoms with Crippen molar-refractivity contribution < 1.29 is 14.3 Å². The number of benzene rings is 3. The Kier molecular flexibility index (Phi) is 5.93. The van der Waals surface area contributed by atoms with Crippen molar-refractivity contribution in [3.8, 4) is 28.6 Å². The van der Waals surface area contributed by atoms with Gasteiger partial charge in [0.15, 0.2) is 22.5 Å². The third-order valence-electron chi connectivity index (χ3n) is 5.08. The summed E-state index contributed by atoms with van der Waals surface area (Å²) in [4.78, 5) is 12.6. The van der Waals surface area contributed by atoms with Crippen LogP contribution in [0.1, 0.15) is 5.56 Å². The molecule has 9 heteroatoms. The van der Waals surface area contributed by atoms with Crippen LogP contribution < -0.4 is 14.8 Å². The highest BCUT2D eigenvalue weighted by Gasteiger charge is 2.20. The van der Waals surface area contributed by atoms with E-state index in [0.29, 0.717) is 33.2 Å². The molecule has 0 atom stereocenters. The largest absolute Gasteiger partial charge is 0.454 e. The molecule has 0 fully saturated rings. The van der Waals surface area contributed by atoms with Gasteiger partial charge in [-0.25, -0.2) is 0 Å². The lowest BCUT2D eigenvalue weighted by atomic mass is 10.2. The Morgan fingerprint density at radius 2 is 1.88 bits per heavy atom. The van der Waals surface area contributed by atoms with Crippen LogP contribution in [0.15, 0.2) is 71.9 Å². The number of thioether (sulfide) groups is 1. The average Bonchev–Trinajstić information content (AvgIpc) is 3.47. The molecule has 1 aliphatic rings. The van der Waals surface area contributed by atoms with E-state index in [2.05, 4.69) is 15.5 Å². The van der Waals surface area contributed by atoms with Gasteiger partial charge in [0.05, 0.1) is 5.75 Å². The standard InChI is InChI=1S/C24H19ClN4O3S/c1-15-7-9-17(25)12-19(15)26-22(30)13-33-24-28-27-23(29(24)18-5-3-2-4-6-18)16-8-10-20-21(11-16)32-14-31-20/h2-12H,13-14H2,1H3,(H,26,30). The van der Waals surface area contributed by atoms with Gasteiger partial charge >= 0.3 is 0 Å². The van der Waals surface area contributed by atoms with E-state index in [1.54, 1.807) is 12.1 Å². The number of fused-ring (bicyclic) bond motifs is 1. The molecule has 0 saturated heterocycles. The molecule has 1 aliphatic heterocycles. The molecule has 0 bridgehead atoms. The van der Waals surface area contributed by atoms with E-state index in [1.807, 2.05) is 66.1 Å². The molecule has 0 aliphatic carbocycles. The zero-order valence-corrected chi connectivity index (χ0v) is 19.2. The molecule has 0 saturated carbocycles. The number of halogens is 1. The number of hydrogen-bond donors (Lipinski definition) is 1. The number of amides is 1. The van der Waals surface area contributed by atoms with Crippen molar-refractivity contribution in [1.82, 2.24) is 14.8 Å². The Morgan fingerprint density at radius 3 is 2.73 bits per heavy atom. The Labute approximate surface area is 199 Å². The summed E-state index contributed by atoms with van der Waals surface area (Å²) in [5.74, 6) is 2.02. The number of ether oxygens (including phenoxy) is 2. The summed E-state index contributed by atoms with van der Waals surface area (Å²) in [6, 6.07) is 20.8. The molecule has 5 rings (SSSR count). The maximum absolute atomic E-state index is 12.6. The molecule has 3 aromatic carbocycles. The first-order chi connectivity index (χ1) is 16.1. The molecule has 0 spiro atoms. The second-order valence-corrected chi connectivity index (χ2v) is 8.72. The first-order valence-corrected chi connectivity index (χ1v) is 11.5. The quantitative estimate of drug-likeness (QED) is 0.376. The zero-order chi connectivity index (χ0) is 22.8. The first kappa shape index (κ1) is 21.4. The smallest absolute Gasteiger partial charge is 0.234 e. The van der Waals surface area contributed by atoms with Gasteiger partial charge in [0.25, 0.3) is 0 Å². The van der Waals surface area contributed by atoms with Gasteiger partial charge in [-0.05, 0) is 55.0 Å². The molecular formula is C24H19ClN4O3S. The Hall–Kier alpha value is -3.49. The average molecular weight is 479 g/mol. The van der Waals surface area contributed by atoms with Crippen LogP contribution in [0.2, 0.25) is 5.02 Å². The number of rotatable bonds is 6. The molecule has 1 N–H and O–H groups in total. The highest BCUT2D eigenvalue weighted by Crippen LogP contribution is 2.37. The summed E-state index contributed by atoms with van der Waals surface area (Å²) in [5.41, 5.74) is 3.36. The molecule has 166 valence electrons. The van der Waals surface area contributed by atoms with Gasteiger partial charge in [0, 0.05) is 22.0 Å². The maximum atomic E-state index is 12.6. The molecule has 7 nitrogen and oxygen atoms in total. The first-order valence-electron chi connectivity index (χ1n) is 10.2. The summed E-state index contributed by atoms with van der Waals surface area (Å²) >= 11 is 7.37. The fourth-order valence-corrected chi connectivity index (χ4v) is 4.37. The van der Waals surface area contributed by atoms with E-state index >= 15 is 0 Å². The number of anilines is 1. The number of aromatic nitrogens is 3. The van der Waals surface area contributed by atoms with Crippen LogP contribution in [-0.2, 0) is 4.79 Å². The Bertz CT molecular complexity index is 1330. The van der Waals surface area contributed by atoms with Gasteiger partial charge in [-0.1, -0.05) is 47.6 Å². The van der Waals surface area contributed by atoms with Gasteiger partial charge in [-0.2, -0.15) is 0 Å². The number of nitrogens with one attached hydrogen (secondary N) is 1. The summed E-state index contributed by atoms with van der Waals surface area (Å²) in [7, 11) is 0. The SMILES string of the molecule is Cc1ccc(Cl)cc1NC(=O)CSc1nnc(-c2ccc3c(c2)OCO3)n1-c1ccccc1. The van der Waals surface area contributed by atoms with Crippen LogP contribution in [-0.4, -0.2) is 33.2 Å². The predicted octanol–water partition coefficient (Wildman–Crippen LogP) is 5.36. The van der Waals surface area contributed by atoms with Gasteiger partial charge < -0.3 is 14.8 Å². The highest BCUT2D eigenvalue weighted by atomic mass is 35.5. The number of nitrogens with zero attached hydrogens (tertiary/aromatic N) is 3. The molecule has 1 amide bonds. The van der Waals surface area contributed by atoms with E-state index < -0.39 is 0 Å². The van der Waals surface area contributed by atoms with E-state index in [0.717, 1.165) is 16.8 Å². The minimum Gasteiger partial charge on any atom is -0.454 e. The lowest BCUT2D eigenvalue weighted by Gasteiger charge is -2.11. The van der Waals surface area contributed by atoms with Crippen molar-refractivity contribution in [3.05, 3.63) is 77.3 Å². The Morgan fingerprint density at radius 1 is 1.06 bits per heavy atom. The summed E-state index contributed by atoms with van der Waals surface area (Å²) in [5, 5.41) is 12.9. The third-order valence-corrected chi connectivity index (χ3v) is 6.25. The fourth-order valence-electron chi connectivity index (χ4n) is 3.44. The molecule has 2 heterocycles. The van der Waals surface area contributed by atoms with Crippen LogP contribution in [0.3, 0.4) is 0 Å². The number of aryl methyl sites for hydroxylation is 1. The van der Waals surface area contributed by atoms with Crippen LogP contribution in [0, 0.1) is 6.92 Å². The lowest BCUT2D eigenvalue weighted by Crippen LogP contribution is -2.15. The molecular weight excluding hydrogens is 460 g/mol. The van der Waals surface area contributed by atoms with E-state index in [1.165, 1.54) is 11.8 Å². The van der Waals surface area contributed by atoms with Crippen LogP contribution in [0.5, 0.6) is 11.5 Å². The van der Waals surface area contributed by atoms with Gasteiger partial charge in [0.2, 0.25) is 12.7 Å². The predicted molar refractivity (Wildman–Crippen MR) is 128 cm³/mol. The van der Waals surface area contributed by atoms with Crippen molar-refractivity contribution in [2.75, 3.05) is 17.9 Å². The van der Waals surface area contributed by atoms with Gasteiger partial charge in [-0.3, -0.25) is 9.36 Å². The molecule has 0 radical (unpaired) electrons. The molecule has 0 unspecified atom stereocenters. The molecule has 1 aromatic heterocycles. The monoisotopic (exact) mass is 478 g/mol. The number of para-hydroxylation sites is 1. The number of carbonyl (C=O) groups is 1. The Balaban J connectivity index is 1.42. The minimum atomic E-state index is -0.155. The number of hydrogen-bond acceptors (Lipinski definition) is 6. The van der Waals surface area contributed by atoms with E-state index in [-0.39, 0.29) is 18.5 Å². The normalized spacial score (nSPS) is 12.1. The van der Waals surface area contributed by atoms with Crippen molar-refractivity contribution >= 4 is 35.0 Å². The van der Waals surface area contributed by atoms with E-state index in [9.17, 15) is 4.79 Å². The fraction of sp³-hybridized carbons (Fsp3) is 0.125. The summed E-state index contributed by atoms with van der Waals surface area (Å²) < 4.78 is 12.9. The molecule has 4 aromatic rings. The topological polar surface area (TPSA) is 78.3 Å². The molecule has 33 heavy (non-hydrogen) atoms. The highest BCUT2D eigenvalue weighted by molar-refractivity contribution is 7.99. The number of carbonyl (C=O) groups excluding carboxylic acids is 1. The van der Waals surface area contributed by atoms with Crippen molar-refractivity contribution in [3.63, 3.8) is 0 Å². The second-order valence-electron chi connectivity index (χ2n) is 7.34. The summed E-state index contributed by atoms with van der Waals surface area (Å²) in [6.45, 7) is 2.12. The zero-order valence-electron chi connectivity index (χ0n) is 17.6. The summed E-state index contributed by atoms with van der Waals surface area (Å²) in [6.07, 6.45) is 0. The van der Waals surface area contributed by atoms with Crippen LogP contribution in [0.4, 0.5) is 5.69 Å². The van der Waals surface area contributed by atoms with Crippen LogP contribution in [0.25, 0.3) is 17.1 Å². The minimum absolute atomic E-state index is 0.155. The van der Waals surface area contributed by atoms with Crippen molar-refractivity contribution in [2.24, 2.45) is 0 Å². The maximum Gasteiger partial charge on any atom is 0.234 e. The second kappa shape index (κ2) is 9.17.